The standard InChI is InChI=1S/C20H13N3O2/c1-3-8-22-16-7-5-4-6-14(16)15-10-18(20(24)25-2)23-12-13(11-21)9-17(23)19(15)22/h1,4-7,9-10,12H,8H2,2H3. The molecule has 0 fully saturated rings. The number of hydrogen-bond acceptors (Lipinski definition) is 3. The third-order valence-electron chi connectivity index (χ3n) is 4.39. The fourth-order valence-electron chi connectivity index (χ4n) is 3.38. The first-order valence-electron chi connectivity index (χ1n) is 7.67. The maximum Gasteiger partial charge on any atom is 0.355 e. The van der Waals surface area contributed by atoms with E-state index in [-0.39, 0.29) is 0 Å². The van der Waals surface area contributed by atoms with E-state index < -0.39 is 5.97 Å². The molecule has 0 radical (unpaired) electrons. The number of para-hydroxylation sites is 1. The van der Waals surface area contributed by atoms with Gasteiger partial charge in [-0.25, -0.2) is 4.79 Å². The van der Waals surface area contributed by atoms with Crippen molar-refractivity contribution in [1.29, 1.82) is 5.26 Å². The molecule has 5 heteroatoms. The molecule has 0 saturated heterocycles. The highest BCUT2D eigenvalue weighted by Crippen LogP contribution is 2.33. The number of nitrogens with zero attached hydrogens (tertiary/aromatic N) is 3. The van der Waals surface area contributed by atoms with Crippen molar-refractivity contribution in [2.24, 2.45) is 0 Å². The van der Waals surface area contributed by atoms with Crippen molar-refractivity contribution < 1.29 is 9.53 Å². The normalized spacial score (nSPS) is 10.8. The molecular formula is C20H13N3O2. The van der Waals surface area contributed by atoms with E-state index in [1.807, 2.05) is 28.8 Å². The molecule has 3 heterocycles. The van der Waals surface area contributed by atoms with Crippen LogP contribution in [0, 0.1) is 23.7 Å². The van der Waals surface area contributed by atoms with Crippen LogP contribution in [-0.2, 0) is 11.3 Å². The van der Waals surface area contributed by atoms with E-state index in [2.05, 4.69) is 12.0 Å². The summed E-state index contributed by atoms with van der Waals surface area (Å²) < 4.78 is 8.64. The molecule has 0 atom stereocenters. The molecule has 0 saturated carbocycles. The lowest BCUT2D eigenvalue weighted by Crippen LogP contribution is -2.08. The Kier molecular flexibility index (Phi) is 3.23. The lowest BCUT2D eigenvalue weighted by molar-refractivity contribution is 0.0592. The van der Waals surface area contributed by atoms with Gasteiger partial charge >= 0.3 is 5.97 Å². The van der Waals surface area contributed by atoms with Crippen molar-refractivity contribution in [1.82, 2.24) is 8.97 Å². The van der Waals surface area contributed by atoms with Gasteiger partial charge in [0.2, 0.25) is 0 Å². The Hall–Kier alpha value is -3.70. The molecular weight excluding hydrogens is 314 g/mol. The summed E-state index contributed by atoms with van der Waals surface area (Å²) in [7, 11) is 1.34. The number of terminal acetylenes is 1. The number of ether oxygens (including phenoxy) is 1. The zero-order valence-electron chi connectivity index (χ0n) is 13.5. The van der Waals surface area contributed by atoms with E-state index in [4.69, 9.17) is 11.2 Å². The van der Waals surface area contributed by atoms with Crippen molar-refractivity contribution in [2.45, 2.75) is 6.54 Å². The van der Waals surface area contributed by atoms with Crippen LogP contribution in [0.15, 0.2) is 42.6 Å². The van der Waals surface area contributed by atoms with E-state index in [1.54, 1.807) is 22.7 Å². The molecule has 0 aliphatic carbocycles. The van der Waals surface area contributed by atoms with Crippen LogP contribution in [0.1, 0.15) is 16.1 Å². The Morgan fingerprint density at radius 2 is 2.04 bits per heavy atom. The van der Waals surface area contributed by atoms with Crippen LogP contribution in [-0.4, -0.2) is 22.0 Å². The number of aromatic nitrogens is 2. The Balaban J connectivity index is 2.30. The summed E-state index contributed by atoms with van der Waals surface area (Å²) in [4.78, 5) is 12.3. The molecule has 4 rings (SSSR count). The lowest BCUT2D eigenvalue weighted by atomic mass is 10.1. The summed E-state index contributed by atoms with van der Waals surface area (Å²) in [5.74, 6) is 2.23. The topological polar surface area (TPSA) is 59.4 Å². The van der Waals surface area contributed by atoms with Gasteiger partial charge in [0.05, 0.1) is 35.8 Å². The summed E-state index contributed by atoms with van der Waals surface area (Å²) in [6.07, 6.45) is 7.21. The van der Waals surface area contributed by atoms with E-state index >= 15 is 0 Å². The van der Waals surface area contributed by atoms with Gasteiger partial charge in [-0.15, -0.1) is 6.42 Å². The van der Waals surface area contributed by atoms with E-state index in [0.717, 1.165) is 27.3 Å². The molecule has 5 nitrogen and oxygen atoms in total. The molecule has 1 aromatic carbocycles. The van der Waals surface area contributed by atoms with Gasteiger partial charge in [0.1, 0.15) is 11.8 Å². The quantitative estimate of drug-likeness (QED) is 0.419. The van der Waals surface area contributed by atoms with Crippen molar-refractivity contribution in [3.8, 4) is 18.4 Å². The molecule has 0 amide bonds. The zero-order valence-corrected chi connectivity index (χ0v) is 13.5. The zero-order chi connectivity index (χ0) is 17.6. The van der Waals surface area contributed by atoms with Crippen molar-refractivity contribution in [2.75, 3.05) is 7.11 Å². The summed E-state index contributed by atoms with van der Waals surface area (Å²) in [6, 6.07) is 13.6. The van der Waals surface area contributed by atoms with Gasteiger partial charge in [-0.3, -0.25) is 0 Å². The van der Waals surface area contributed by atoms with Crippen molar-refractivity contribution >= 4 is 33.3 Å². The first kappa shape index (κ1) is 14.9. The first-order valence-corrected chi connectivity index (χ1v) is 7.67. The molecule has 4 aromatic rings. The van der Waals surface area contributed by atoms with Crippen molar-refractivity contribution in [3.63, 3.8) is 0 Å². The molecule has 0 unspecified atom stereocenters. The monoisotopic (exact) mass is 327 g/mol. The van der Waals surface area contributed by atoms with Crippen LogP contribution >= 0.6 is 0 Å². The van der Waals surface area contributed by atoms with Crippen LogP contribution in [0.3, 0.4) is 0 Å². The average molecular weight is 327 g/mol. The molecule has 0 aliphatic heterocycles. The second-order valence-electron chi connectivity index (χ2n) is 5.69. The van der Waals surface area contributed by atoms with Crippen LogP contribution in [0.25, 0.3) is 27.3 Å². The van der Waals surface area contributed by atoms with Crippen LogP contribution in [0.2, 0.25) is 0 Å². The molecule has 0 aliphatic rings. The van der Waals surface area contributed by atoms with Crippen molar-refractivity contribution in [3.05, 3.63) is 53.9 Å². The van der Waals surface area contributed by atoms with Gasteiger partial charge in [0, 0.05) is 17.0 Å². The number of methoxy groups -OCH3 is 1. The number of carbonyl (C=O) groups excluding carboxylic acids is 1. The number of nitriles is 1. The number of benzene rings is 1. The second kappa shape index (κ2) is 5.43. The minimum atomic E-state index is -0.458. The maximum atomic E-state index is 12.3. The number of pyridine rings is 1. The van der Waals surface area contributed by atoms with Gasteiger partial charge < -0.3 is 13.7 Å². The summed E-state index contributed by atoms with van der Waals surface area (Å²) in [5, 5.41) is 11.2. The highest BCUT2D eigenvalue weighted by molar-refractivity contribution is 6.14. The fraction of sp³-hybridized carbons (Fsp3) is 0.100. The Morgan fingerprint density at radius 3 is 2.76 bits per heavy atom. The highest BCUT2D eigenvalue weighted by Gasteiger charge is 2.20. The minimum absolute atomic E-state index is 0.370. The highest BCUT2D eigenvalue weighted by atomic mass is 16.5. The predicted molar refractivity (Wildman–Crippen MR) is 95.3 cm³/mol. The molecule has 0 bridgehead atoms. The van der Waals surface area contributed by atoms with Crippen LogP contribution in [0.4, 0.5) is 0 Å². The lowest BCUT2D eigenvalue weighted by Gasteiger charge is -2.08. The van der Waals surface area contributed by atoms with E-state index in [1.165, 1.54) is 7.11 Å². The third kappa shape index (κ3) is 2.00. The third-order valence-corrected chi connectivity index (χ3v) is 4.39. The largest absolute Gasteiger partial charge is 0.464 e. The Morgan fingerprint density at radius 1 is 1.24 bits per heavy atom. The average Bonchev–Trinajstić information content (AvgIpc) is 3.20. The first-order chi connectivity index (χ1) is 12.2. The summed E-state index contributed by atoms with van der Waals surface area (Å²) in [6.45, 7) is 0.393. The molecule has 120 valence electrons. The number of hydrogen-bond donors (Lipinski definition) is 0. The van der Waals surface area contributed by atoms with Gasteiger partial charge in [-0.05, 0) is 18.2 Å². The maximum absolute atomic E-state index is 12.3. The van der Waals surface area contributed by atoms with E-state index in [0.29, 0.717) is 17.8 Å². The fourth-order valence-corrected chi connectivity index (χ4v) is 3.38. The van der Waals surface area contributed by atoms with Gasteiger partial charge in [0.15, 0.2) is 0 Å². The predicted octanol–water partition coefficient (Wildman–Crippen LogP) is 3.34. The Labute approximate surface area is 143 Å². The second-order valence-corrected chi connectivity index (χ2v) is 5.69. The molecule has 25 heavy (non-hydrogen) atoms. The van der Waals surface area contributed by atoms with Crippen LogP contribution in [0.5, 0.6) is 0 Å². The number of fused-ring (bicyclic) bond motifs is 5. The number of carbonyl (C=O) groups is 1. The summed E-state index contributed by atoms with van der Waals surface area (Å²) >= 11 is 0. The number of rotatable bonds is 2. The molecule has 3 aromatic heterocycles. The Bertz CT molecular complexity index is 1250. The smallest absolute Gasteiger partial charge is 0.355 e. The number of esters is 1. The van der Waals surface area contributed by atoms with Gasteiger partial charge in [0.25, 0.3) is 0 Å². The van der Waals surface area contributed by atoms with Crippen LogP contribution < -0.4 is 0 Å². The summed E-state index contributed by atoms with van der Waals surface area (Å²) in [5.41, 5.74) is 3.47. The molecule has 0 spiro atoms. The van der Waals surface area contributed by atoms with Gasteiger partial charge in [-0.2, -0.15) is 5.26 Å². The minimum Gasteiger partial charge on any atom is -0.464 e. The van der Waals surface area contributed by atoms with Gasteiger partial charge in [-0.1, -0.05) is 24.1 Å². The molecule has 0 N–H and O–H groups in total. The van der Waals surface area contributed by atoms with E-state index in [9.17, 15) is 10.1 Å². The SMILES string of the molecule is C#CCn1c2ccccc2c2cc(C(=O)OC)n3cc(C#N)cc3c21.